The topological polar surface area (TPSA) is 56.6 Å². The van der Waals surface area contributed by atoms with Crippen LogP contribution in [0.5, 0.6) is 0 Å². The Morgan fingerprint density at radius 2 is 2.05 bits per heavy atom. The van der Waals surface area contributed by atoms with Gasteiger partial charge in [0.05, 0.1) is 19.3 Å². The van der Waals surface area contributed by atoms with E-state index >= 15 is 0 Å². The number of aliphatic hydroxyl groups excluding tert-OH is 2. The Balaban J connectivity index is 2.35. The summed E-state index contributed by atoms with van der Waals surface area (Å²) in [4.78, 5) is 6.97. The van der Waals surface area contributed by atoms with Gasteiger partial charge in [-0.2, -0.15) is 0 Å². The zero-order chi connectivity index (χ0) is 14.5. The first-order chi connectivity index (χ1) is 9.65. The maximum absolute atomic E-state index is 9.63. The molecule has 2 rings (SSSR count). The molecule has 0 saturated carbocycles. The van der Waals surface area contributed by atoms with Crippen LogP contribution in [-0.2, 0) is 6.61 Å². The lowest BCUT2D eigenvalue weighted by Gasteiger charge is -2.30. The Kier molecular flexibility index (Phi) is 5.38. The van der Waals surface area contributed by atoms with Crippen molar-refractivity contribution in [2.75, 3.05) is 18.1 Å². The minimum Gasteiger partial charge on any atom is -0.394 e. The van der Waals surface area contributed by atoms with Crippen molar-refractivity contribution in [3.05, 3.63) is 23.4 Å². The standard InChI is InChI=1S/C16H26N2O2/c1-12(2)15-8-13(10-19)9-16(17-15)18-7-5-3-4-6-14(18)11-20/h8-9,12,14,19-20H,3-7,10-11H2,1-2H3. The van der Waals surface area contributed by atoms with E-state index in [4.69, 9.17) is 4.98 Å². The predicted molar refractivity (Wildman–Crippen MR) is 80.9 cm³/mol. The van der Waals surface area contributed by atoms with Crippen LogP contribution >= 0.6 is 0 Å². The van der Waals surface area contributed by atoms with Gasteiger partial charge in [-0.1, -0.05) is 26.7 Å². The summed E-state index contributed by atoms with van der Waals surface area (Å²) in [5.74, 6) is 1.24. The van der Waals surface area contributed by atoms with Gasteiger partial charge in [-0.3, -0.25) is 0 Å². The molecule has 1 saturated heterocycles. The lowest BCUT2D eigenvalue weighted by molar-refractivity contribution is 0.254. The second kappa shape index (κ2) is 7.04. The van der Waals surface area contributed by atoms with Crippen molar-refractivity contribution in [2.45, 2.75) is 58.1 Å². The van der Waals surface area contributed by atoms with Gasteiger partial charge in [-0.25, -0.2) is 4.98 Å². The molecular weight excluding hydrogens is 252 g/mol. The summed E-state index contributed by atoms with van der Waals surface area (Å²) in [6.07, 6.45) is 4.53. The molecule has 1 atom stereocenters. The Morgan fingerprint density at radius 3 is 2.70 bits per heavy atom. The largest absolute Gasteiger partial charge is 0.394 e. The van der Waals surface area contributed by atoms with Gasteiger partial charge in [-0.15, -0.1) is 0 Å². The minimum absolute atomic E-state index is 0.0346. The van der Waals surface area contributed by atoms with Crippen molar-refractivity contribution in [3.8, 4) is 0 Å². The average molecular weight is 278 g/mol. The number of aromatic nitrogens is 1. The first kappa shape index (κ1) is 15.3. The van der Waals surface area contributed by atoms with Crippen molar-refractivity contribution in [1.29, 1.82) is 0 Å². The molecule has 1 aliphatic heterocycles. The third-order valence-corrected chi connectivity index (χ3v) is 4.05. The van der Waals surface area contributed by atoms with Gasteiger partial charge in [0.25, 0.3) is 0 Å². The summed E-state index contributed by atoms with van der Waals surface area (Å²) < 4.78 is 0. The molecule has 0 aromatic carbocycles. The lowest BCUT2D eigenvalue weighted by atomic mass is 10.1. The molecular formula is C16H26N2O2. The third kappa shape index (κ3) is 3.49. The van der Waals surface area contributed by atoms with Crippen LogP contribution in [0.15, 0.2) is 12.1 Å². The average Bonchev–Trinajstić information content (AvgIpc) is 2.71. The molecule has 1 fully saturated rings. The van der Waals surface area contributed by atoms with Crippen molar-refractivity contribution in [3.63, 3.8) is 0 Å². The normalized spacial score (nSPS) is 20.2. The SMILES string of the molecule is CC(C)c1cc(CO)cc(N2CCCCCC2CO)n1. The lowest BCUT2D eigenvalue weighted by Crippen LogP contribution is -2.38. The van der Waals surface area contributed by atoms with Crippen molar-refractivity contribution in [2.24, 2.45) is 0 Å². The van der Waals surface area contributed by atoms with Gasteiger partial charge in [-0.05, 0) is 36.5 Å². The number of nitrogens with zero attached hydrogens (tertiary/aromatic N) is 2. The van der Waals surface area contributed by atoms with Crippen LogP contribution < -0.4 is 4.90 Å². The van der Waals surface area contributed by atoms with Crippen LogP contribution in [0.2, 0.25) is 0 Å². The van der Waals surface area contributed by atoms with Crippen LogP contribution in [0.3, 0.4) is 0 Å². The molecule has 0 bridgehead atoms. The molecule has 112 valence electrons. The van der Waals surface area contributed by atoms with E-state index < -0.39 is 0 Å². The van der Waals surface area contributed by atoms with Crippen LogP contribution in [0, 0.1) is 0 Å². The van der Waals surface area contributed by atoms with Crippen molar-refractivity contribution < 1.29 is 10.2 Å². The fourth-order valence-corrected chi connectivity index (χ4v) is 2.80. The van der Waals surface area contributed by atoms with E-state index in [1.54, 1.807) is 0 Å². The van der Waals surface area contributed by atoms with E-state index in [1.807, 2.05) is 12.1 Å². The smallest absolute Gasteiger partial charge is 0.129 e. The fourth-order valence-electron chi connectivity index (χ4n) is 2.80. The van der Waals surface area contributed by atoms with Gasteiger partial charge in [0.1, 0.15) is 5.82 Å². The number of anilines is 1. The zero-order valence-corrected chi connectivity index (χ0v) is 12.5. The molecule has 1 aliphatic rings. The molecule has 0 spiro atoms. The fraction of sp³-hybridized carbons (Fsp3) is 0.688. The molecule has 0 amide bonds. The Labute approximate surface area is 121 Å². The Bertz CT molecular complexity index is 434. The molecule has 0 radical (unpaired) electrons. The van der Waals surface area contributed by atoms with E-state index in [1.165, 1.54) is 12.8 Å². The first-order valence-corrected chi connectivity index (χ1v) is 7.65. The quantitative estimate of drug-likeness (QED) is 0.888. The van der Waals surface area contributed by atoms with E-state index in [-0.39, 0.29) is 19.3 Å². The molecule has 0 aliphatic carbocycles. The summed E-state index contributed by atoms with van der Waals surface area (Å²) in [5, 5.41) is 19.1. The van der Waals surface area contributed by atoms with Crippen LogP contribution in [0.1, 0.15) is 56.7 Å². The minimum atomic E-state index is 0.0346. The van der Waals surface area contributed by atoms with Crippen molar-refractivity contribution in [1.82, 2.24) is 4.98 Å². The summed E-state index contributed by atoms with van der Waals surface area (Å²) >= 11 is 0. The number of pyridine rings is 1. The molecule has 2 heterocycles. The maximum atomic E-state index is 9.63. The molecule has 1 aromatic rings. The number of hydrogen-bond acceptors (Lipinski definition) is 4. The summed E-state index contributed by atoms with van der Waals surface area (Å²) in [6.45, 7) is 5.36. The highest BCUT2D eigenvalue weighted by Crippen LogP contribution is 2.26. The third-order valence-electron chi connectivity index (χ3n) is 4.05. The molecule has 20 heavy (non-hydrogen) atoms. The van der Waals surface area contributed by atoms with Crippen LogP contribution in [-0.4, -0.2) is 34.4 Å². The Morgan fingerprint density at radius 1 is 1.25 bits per heavy atom. The highest BCUT2D eigenvalue weighted by Gasteiger charge is 2.22. The van der Waals surface area contributed by atoms with E-state index in [0.29, 0.717) is 5.92 Å². The predicted octanol–water partition coefficient (Wildman–Crippen LogP) is 2.44. The Hall–Kier alpha value is -1.13. The number of aliphatic hydroxyl groups is 2. The summed E-state index contributed by atoms with van der Waals surface area (Å²) in [7, 11) is 0. The van der Waals surface area contributed by atoms with Crippen LogP contribution in [0.4, 0.5) is 5.82 Å². The van der Waals surface area contributed by atoms with Gasteiger partial charge >= 0.3 is 0 Å². The molecule has 1 aromatic heterocycles. The van der Waals surface area contributed by atoms with Gasteiger partial charge in [0.2, 0.25) is 0 Å². The van der Waals surface area contributed by atoms with Crippen molar-refractivity contribution >= 4 is 5.82 Å². The van der Waals surface area contributed by atoms with Gasteiger partial charge in [0.15, 0.2) is 0 Å². The zero-order valence-electron chi connectivity index (χ0n) is 12.5. The highest BCUT2D eigenvalue weighted by molar-refractivity contribution is 5.44. The summed E-state index contributed by atoms with van der Waals surface area (Å²) in [5.41, 5.74) is 1.91. The van der Waals surface area contributed by atoms with E-state index in [0.717, 1.165) is 36.5 Å². The van der Waals surface area contributed by atoms with Gasteiger partial charge < -0.3 is 15.1 Å². The van der Waals surface area contributed by atoms with Gasteiger partial charge in [0, 0.05) is 12.2 Å². The monoisotopic (exact) mass is 278 g/mol. The first-order valence-electron chi connectivity index (χ1n) is 7.65. The summed E-state index contributed by atoms with van der Waals surface area (Å²) in [6, 6.07) is 4.08. The number of rotatable bonds is 4. The second-order valence-electron chi connectivity index (χ2n) is 5.95. The molecule has 2 N–H and O–H groups in total. The maximum Gasteiger partial charge on any atom is 0.129 e. The molecule has 4 nitrogen and oxygen atoms in total. The van der Waals surface area contributed by atoms with E-state index in [9.17, 15) is 10.2 Å². The molecule has 4 heteroatoms. The van der Waals surface area contributed by atoms with E-state index in [2.05, 4.69) is 18.7 Å². The number of hydrogen-bond donors (Lipinski definition) is 2. The second-order valence-corrected chi connectivity index (χ2v) is 5.95. The van der Waals surface area contributed by atoms with Crippen LogP contribution in [0.25, 0.3) is 0 Å². The highest BCUT2D eigenvalue weighted by atomic mass is 16.3. The molecule has 1 unspecified atom stereocenters.